The van der Waals surface area contributed by atoms with Gasteiger partial charge >= 0.3 is 0 Å². The van der Waals surface area contributed by atoms with Gasteiger partial charge in [0.25, 0.3) is 0 Å². The van der Waals surface area contributed by atoms with Crippen molar-refractivity contribution in [2.75, 3.05) is 26.2 Å². The Bertz CT molecular complexity index is 302. The van der Waals surface area contributed by atoms with Crippen LogP contribution in [0.4, 0.5) is 0 Å². The van der Waals surface area contributed by atoms with E-state index in [0.29, 0.717) is 6.04 Å². The van der Waals surface area contributed by atoms with Crippen molar-refractivity contribution in [3.8, 4) is 0 Å². The number of piperidine rings is 1. The molecule has 2 rings (SSSR count). The second-order valence-corrected chi connectivity index (χ2v) is 5.26. The zero-order valence-corrected chi connectivity index (χ0v) is 11.0. The highest BCUT2D eigenvalue weighted by molar-refractivity contribution is 5.10. The molecule has 2 heterocycles. The van der Waals surface area contributed by atoms with Crippen LogP contribution in [0, 0.1) is 5.92 Å². The van der Waals surface area contributed by atoms with E-state index in [2.05, 4.69) is 24.1 Å². The summed E-state index contributed by atoms with van der Waals surface area (Å²) in [6.07, 6.45) is 6.27. The van der Waals surface area contributed by atoms with Crippen molar-refractivity contribution in [1.82, 2.24) is 10.2 Å². The van der Waals surface area contributed by atoms with Crippen LogP contribution < -0.4 is 5.32 Å². The third kappa shape index (κ3) is 3.86. The lowest BCUT2D eigenvalue weighted by Crippen LogP contribution is -2.38. The first-order chi connectivity index (χ1) is 8.25. The number of furan rings is 1. The van der Waals surface area contributed by atoms with Gasteiger partial charge in [-0.05, 0) is 44.8 Å². The fraction of sp³-hybridized carbons (Fsp3) is 0.714. The molecule has 1 aliphatic heterocycles. The van der Waals surface area contributed by atoms with Crippen LogP contribution in [0.1, 0.15) is 38.3 Å². The molecule has 1 unspecified atom stereocenters. The van der Waals surface area contributed by atoms with Crippen molar-refractivity contribution < 1.29 is 4.42 Å². The SMILES string of the molecule is CC1CCN(CCNC(C)c2ccoc2)CC1. The molecular formula is C14H24N2O. The summed E-state index contributed by atoms with van der Waals surface area (Å²) in [7, 11) is 0. The normalized spacial score (nSPS) is 20.6. The van der Waals surface area contributed by atoms with Crippen molar-refractivity contribution >= 4 is 0 Å². The standard InChI is InChI=1S/C14H24N2O/c1-12-3-7-16(8-4-12)9-6-15-13(2)14-5-10-17-11-14/h5,10-13,15H,3-4,6-9H2,1-2H3. The Morgan fingerprint density at radius 3 is 2.88 bits per heavy atom. The van der Waals surface area contributed by atoms with Gasteiger partial charge < -0.3 is 14.6 Å². The van der Waals surface area contributed by atoms with E-state index in [9.17, 15) is 0 Å². The first-order valence-corrected chi connectivity index (χ1v) is 6.73. The Kier molecular flexibility index (Phi) is 4.63. The molecular weight excluding hydrogens is 212 g/mol. The van der Waals surface area contributed by atoms with E-state index in [1.165, 1.54) is 31.5 Å². The number of hydrogen-bond acceptors (Lipinski definition) is 3. The summed E-state index contributed by atoms with van der Waals surface area (Å²) in [5.74, 6) is 0.920. The average molecular weight is 236 g/mol. The third-order valence-corrected chi connectivity index (χ3v) is 3.80. The number of nitrogens with zero attached hydrogens (tertiary/aromatic N) is 1. The molecule has 0 saturated carbocycles. The average Bonchev–Trinajstić information content (AvgIpc) is 2.85. The molecule has 1 fully saturated rings. The fourth-order valence-corrected chi connectivity index (χ4v) is 2.36. The highest BCUT2D eigenvalue weighted by Crippen LogP contribution is 2.15. The monoisotopic (exact) mass is 236 g/mol. The van der Waals surface area contributed by atoms with Gasteiger partial charge in [-0.2, -0.15) is 0 Å². The summed E-state index contributed by atoms with van der Waals surface area (Å²) < 4.78 is 5.09. The van der Waals surface area contributed by atoms with Gasteiger partial charge in [0.2, 0.25) is 0 Å². The van der Waals surface area contributed by atoms with Crippen molar-refractivity contribution in [1.29, 1.82) is 0 Å². The number of nitrogens with one attached hydrogen (secondary N) is 1. The van der Waals surface area contributed by atoms with Crippen LogP contribution in [0.3, 0.4) is 0 Å². The molecule has 1 atom stereocenters. The predicted octanol–water partition coefficient (Wildman–Crippen LogP) is 2.66. The molecule has 3 heteroatoms. The summed E-state index contributed by atoms with van der Waals surface area (Å²) in [5, 5.41) is 3.54. The molecule has 1 saturated heterocycles. The lowest BCUT2D eigenvalue weighted by Gasteiger charge is -2.30. The minimum absolute atomic E-state index is 0.387. The van der Waals surface area contributed by atoms with Gasteiger partial charge in [-0.15, -0.1) is 0 Å². The molecule has 0 radical (unpaired) electrons. The molecule has 1 N–H and O–H groups in total. The van der Waals surface area contributed by atoms with Crippen molar-refractivity contribution in [2.45, 2.75) is 32.7 Å². The maximum atomic E-state index is 5.09. The highest BCUT2D eigenvalue weighted by Gasteiger charge is 2.15. The molecule has 1 aromatic heterocycles. The van der Waals surface area contributed by atoms with Crippen LogP contribution in [0.2, 0.25) is 0 Å². The molecule has 0 bridgehead atoms. The minimum atomic E-state index is 0.387. The lowest BCUT2D eigenvalue weighted by molar-refractivity contribution is 0.191. The summed E-state index contributed by atoms with van der Waals surface area (Å²) in [4.78, 5) is 2.56. The van der Waals surface area contributed by atoms with Crippen molar-refractivity contribution in [2.24, 2.45) is 5.92 Å². The molecule has 17 heavy (non-hydrogen) atoms. The second-order valence-electron chi connectivity index (χ2n) is 5.26. The van der Waals surface area contributed by atoms with Gasteiger partial charge in [0.1, 0.15) is 0 Å². The first kappa shape index (κ1) is 12.7. The Hall–Kier alpha value is -0.800. The van der Waals surface area contributed by atoms with Gasteiger partial charge in [0, 0.05) is 24.7 Å². The Morgan fingerprint density at radius 2 is 2.24 bits per heavy atom. The third-order valence-electron chi connectivity index (χ3n) is 3.80. The fourth-order valence-electron chi connectivity index (χ4n) is 2.36. The van der Waals surface area contributed by atoms with Gasteiger partial charge in [-0.3, -0.25) is 0 Å². The first-order valence-electron chi connectivity index (χ1n) is 6.73. The van der Waals surface area contributed by atoms with Gasteiger partial charge in [0.15, 0.2) is 0 Å². The Balaban J connectivity index is 1.63. The van der Waals surface area contributed by atoms with Crippen LogP contribution in [-0.2, 0) is 0 Å². The van der Waals surface area contributed by atoms with Crippen LogP contribution in [0.15, 0.2) is 23.0 Å². The quantitative estimate of drug-likeness (QED) is 0.852. The van der Waals surface area contributed by atoms with Crippen LogP contribution >= 0.6 is 0 Å². The maximum absolute atomic E-state index is 5.09. The zero-order valence-electron chi connectivity index (χ0n) is 11.0. The minimum Gasteiger partial charge on any atom is -0.472 e. The molecule has 0 aliphatic carbocycles. The molecule has 96 valence electrons. The Labute approximate surface area is 104 Å². The second kappa shape index (κ2) is 6.22. The predicted molar refractivity (Wildman–Crippen MR) is 70.0 cm³/mol. The summed E-state index contributed by atoms with van der Waals surface area (Å²) in [6.45, 7) is 9.29. The Morgan fingerprint density at radius 1 is 1.47 bits per heavy atom. The van der Waals surface area contributed by atoms with Crippen LogP contribution in [-0.4, -0.2) is 31.1 Å². The highest BCUT2D eigenvalue weighted by atomic mass is 16.3. The molecule has 0 spiro atoms. The largest absolute Gasteiger partial charge is 0.472 e. The topological polar surface area (TPSA) is 28.4 Å². The van der Waals surface area contributed by atoms with E-state index < -0.39 is 0 Å². The van der Waals surface area contributed by atoms with E-state index in [1.54, 1.807) is 6.26 Å². The van der Waals surface area contributed by atoms with Crippen LogP contribution in [0.25, 0.3) is 0 Å². The summed E-state index contributed by atoms with van der Waals surface area (Å²) >= 11 is 0. The van der Waals surface area contributed by atoms with E-state index in [4.69, 9.17) is 4.42 Å². The smallest absolute Gasteiger partial charge is 0.0950 e. The van der Waals surface area contributed by atoms with Crippen molar-refractivity contribution in [3.63, 3.8) is 0 Å². The zero-order chi connectivity index (χ0) is 12.1. The molecule has 0 amide bonds. The number of rotatable bonds is 5. The van der Waals surface area contributed by atoms with Crippen LogP contribution in [0.5, 0.6) is 0 Å². The number of likely N-dealkylation sites (tertiary alicyclic amines) is 1. The van der Waals surface area contributed by atoms with E-state index in [1.807, 2.05) is 12.3 Å². The van der Waals surface area contributed by atoms with Crippen molar-refractivity contribution in [3.05, 3.63) is 24.2 Å². The van der Waals surface area contributed by atoms with E-state index in [-0.39, 0.29) is 0 Å². The van der Waals surface area contributed by atoms with Gasteiger partial charge in [-0.25, -0.2) is 0 Å². The molecule has 0 aromatic carbocycles. The lowest BCUT2D eigenvalue weighted by atomic mass is 9.99. The number of hydrogen-bond donors (Lipinski definition) is 1. The molecule has 1 aliphatic rings. The van der Waals surface area contributed by atoms with E-state index in [0.717, 1.165) is 19.0 Å². The molecule has 3 nitrogen and oxygen atoms in total. The summed E-state index contributed by atoms with van der Waals surface area (Å²) in [5.41, 5.74) is 1.23. The van der Waals surface area contributed by atoms with Gasteiger partial charge in [0.05, 0.1) is 12.5 Å². The maximum Gasteiger partial charge on any atom is 0.0950 e. The van der Waals surface area contributed by atoms with Gasteiger partial charge in [-0.1, -0.05) is 6.92 Å². The van der Waals surface area contributed by atoms with E-state index >= 15 is 0 Å². The molecule has 1 aromatic rings. The summed E-state index contributed by atoms with van der Waals surface area (Å²) in [6, 6.07) is 2.41.